The Morgan fingerprint density at radius 1 is 1.33 bits per heavy atom. The van der Waals surface area contributed by atoms with E-state index in [1.807, 2.05) is 13.0 Å². The molecule has 0 aromatic heterocycles. The predicted molar refractivity (Wildman–Crippen MR) is 97.6 cm³/mol. The van der Waals surface area contributed by atoms with E-state index in [2.05, 4.69) is 68.4 Å². The first-order chi connectivity index (χ1) is 10.9. The molecule has 0 bridgehead atoms. The van der Waals surface area contributed by atoms with Crippen LogP contribution in [0.4, 0.5) is 0 Å². The van der Waals surface area contributed by atoms with E-state index < -0.39 is 5.97 Å². The Hall–Kier alpha value is -2.41. The molecule has 0 aromatic carbocycles. The van der Waals surface area contributed by atoms with Crippen molar-refractivity contribution in [1.82, 2.24) is 0 Å². The van der Waals surface area contributed by atoms with Crippen molar-refractivity contribution in [3.8, 4) is 35.5 Å². The standard InChI is InChI=1S/C21H24O2.H2O/c1-6-7-8-9-10-13-20(22)23-18(3)14-15-19-17(2)12-11-16-21(19,4)5;/h12,14-15,18-19H,11,16H2,1-5H3;1H2/b15-14+;. The van der Waals surface area contributed by atoms with Gasteiger partial charge < -0.3 is 10.2 Å². The second-order valence-corrected chi connectivity index (χ2v) is 6.32. The molecule has 0 amide bonds. The highest BCUT2D eigenvalue weighted by atomic mass is 16.5. The second kappa shape index (κ2) is 10.4. The largest absolute Gasteiger partial charge is 0.449 e. The van der Waals surface area contributed by atoms with Crippen LogP contribution >= 0.6 is 0 Å². The Labute approximate surface area is 145 Å². The van der Waals surface area contributed by atoms with E-state index in [0.29, 0.717) is 5.92 Å². The SMILES string of the molecule is CC#CC#CC#CC(=O)OC(C)/C=C/C1C(C)=CCCC1(C)C.O. The average molecular weight is 326 g/mol. The fourth-order valence-electron chi connectivity index (χ4n) is 2.70. The zero-order valence-electron chi connectivity index (χ0n) is 15.1. The molecule has 1 aliphatic carbocycles. The van der Waals surface area contributed by atoms with Crippen molar-refractivity contribution >= 4 is 5.97 Å². The van der Waals surface area contributed by atoms with Crippen LogP contribution < -0.4 is 0 Å². The minimum atomic E-state index is -0.573. The minimum absolute atomic E-state index is 0. The summed E-state index contributed by atoms with van der Waals surface area (Å²) in [5.41, 5.74) is 1.61. The van der Waals surface area contributed by atoms with E-state index in [1.165, 1.54) is 5.57 Å². The molecule has 0 saturated carbocycles. The highest BCUT2D eigenvalue weighted by Gasteiger charge is 2.30. The molecule has 0 radical (unpaired) electrons. The highest BCUT2D eigenvalue weighted by molar-refractivity contribution is 5.89. The molecular weight excluding hydrogens is 300 g/mol. The van der Waals surface area contributed by atoms with Crippen molar-refractivity contribution < 1.29 is 15.0 Å². The van der Waals surface area contributed by atoms with Crippen LogP contribution in [0.1, 0.15) is 47.5 Å². The molecule has 1 aliphatic rings. The normalized spacial score (nSPS) is 19.0. The van der Waals surface area contributed by atoms with Crippen molar-refractivity contribution in [3.63, 3.8) is 0 Å². The Balaban J connectivity index is 0.00000529. The maximum absolute atomic E-state index is 11.6. The summed E-state index contributed by atoms with van der Waals surface area (Å²) in [6.07, 6.45) is 8.35. The van der Waals surface area contributed by atoms with Gasteiger partial charge in [0, 0.05) is 11.8 Å². The maximum atomic E-state index is 11.6. The number of ether oxygens (including phenoxy) is 1. The number of carbonyl (C=O) groups excluding carboxylic acids is 1. The first-order valence-corrected chi connectivity index (χ1v) is 7.85. The first kappa shape index (κ1) is 21.6. The molecular formula is C21H26O3. The topological polar surface area (TPSA) is 57.8 Å². The van der Waals surface area contributed by atoms with Gasteiger partial charge in [-0.2, -0.15) is 0 Å². The molecule has 1 rings (SSSR count). The Morgan fingerprint density at radius 2 is 2.00 bits per heavy atom. The monoisotopic (exact) mass is 326 g/mol. The molecule has 0 fully saturated rings. The summed E-state index contributed by atoms with van der Waals surface area (Å²) in [7, 11) is 0. The number of rotatable bonds is 3. The van der Waals surface area contributed by atoms with Crippen LogP contribution in [-0.2, 0) is 9.53 Å². The van der Waals surface area contributed by atoms with Crippen LogP contribution in [0.5, 0.6) is 0 Å². The zero-order chi connectivity index (χ0) is 17.3. The average Bonchev–Trinajstić information content (AvgIpc) is 2.45. The second-order valence-electron chi connectivity index (χ2n) is 6.32. The Morgan fingerprint density at radius 3 is 2.62 bits per heavy atom. The van der Waals surface area contributed by atoms with Crippen molar-refractivity contribution in [2.75, 3.05) is 0 Å². The van der Waals surface area contributed by atoms with Gasteiger partial charge in [-0.25, -0.2) is 4.79 Å². The first-order valence-electron chi connectivity index (χ1n) is 7.85. The van der Waals surface area contributed by atoms with Gasteiger partial charge in [0.15, 0.2) is 0 Å². The van der Waals surface area contributed by atoms with Gasteiger partial charge in [-0.3, -0.25) is 0 Å². The molecule has 0 aliphatic heterocycles. The minimum Gasteiger partial charge on any atom is -0.449 e. The fourth-order valence-corrected chi connectivity index (χ4v) is 2.70. The number of hydrogen-bond donors (Lipinski definition) is 0. The van der Waals surface area contributed by atoms with Crippen molar-refractivity contribution in [2.45, 2.75) is 53.6 Å². The van der Waals surface area contributed by atoms with Gasteiger partial charge in [-0.05, 0) is 68.8 Å². The summed E-state index contributed by atoms with van der Waals surface area (Å²) in [4.78, 5) is 11.6. The van der Waals surface area contributed by atoms with Crippen LogP contribution in [0.15, 0.2) is 23.8 Å². The van der Waals surface area contributed by atoms with Gasteiger partial charge in [0.2, 0.25) is 0 Å². The van der Waals surface area contributed by atoms with Gasteiger partial charge in [0.05, 0.1) is 0 Å². The molecule has 128 valence electrons. The van der Waals surface area contributed by atoms with Gasteiger partial charge >= 0.3 is 5.97 Å². The molecule has 2 N–H and O–H groups in total. The summed E-state index contributed by atoms with van der Waals surface area (Å²) in [6.45, 7) is 10.2. The molecule has 24 heavy (non-hydrogen) atoms. The molecule has 0 spiro atoms. The molecule has 3 nitrogen and oxygen atoms in total. The number of carbonyl (C=O) groups is 1. The smallest absolute Gasteiger partial charge is 0.385 e. The molecule has 2 atom stereocenters. The highest BCUT2D eigenvalue weighted by Crippen LogP contribution is 2.41. The molecule has 3 heteroatoms. The third-order valence-corrected chi connectivity index (χ3v) is 3.93. The van der Waals surface area contributed by atoms with Gasteiger partial charge in [0.1, 0.15) is 6.10 Å². The van der Waals surface area contributed by atoms with Crippen LogP contribution in [0, 0.1) is 46.9 Å². The van der Waals surface area contributed by atoms with Gasteiger partial charge in [-0.15, -0.1) is 0 Å². The van der Waals surface area contributed by atoms with E-state index in [9.17, 15) is 4.79 Å². The van der Waals surface area contributed by atoms with Crippen LogP contribution in [-0.4, -0.2) is 17.5 Å². The number of esters is 1. The summed E-state index contributed by atoms with van der Waals surface area (Å²) in [5.74, 6) is 14.7. The van der Waals surface area contributed by atoms with Gasteiger partial charge in [0.25, 0.3) is 0 Å². The summed E-state index contributed by atoms with van der Waals surface area (Å²) >= 11 is 0. The van der Waals surface area contributed by atoms with Crippen LogP contribution in [0.2, 0.25) is 0 Å². The van der Waals surface area contributed by atoms with Crippen molar-refractivity contribution in [3.05, 3.63) is 23.8 Å². The predicted octanol–water partition coefficient (Wildman–Crippen LogP) is 3.06. The van der Waals surface area contributed by atoms with Crippen LogP contribution in [0.25, 0.3) is 0 Å². The quantitative estimate of drug-likeness (QED) is 0.346. The third-order valence-electron chi connectivity index (χ3n) is 3.93. The summed E-state index contributed by atoms with van der Waals surface area (Å²) in [5, 5.41) is 0. The Bertz CT molecular complexity index is 676. The lowest BCUT2D eigenvalue weighted by atomic mass is 9.68. The fraction of sp³-hybridized carbons (Fsp3) is 0.476. The summed E-state index contributed by atoms with van der Waals surface area (Å²) < 4.78 is 5.23. The maximum Gasteiger partial charge on any atom is 0.385 e. The third kappa shape index (κ3) is 7.23. The molecule has 0 heterocycles. The van der Waals surface area contributed by atoms with E-state index in [1.54, 1.807) is 6.92 Å². The van der Waals surface area contributed by atoms with E-state index >= 15 is 0 Å². The van der Waals surface area contributed by atoms with E-state index in [4.69, 9.17) is 4.74 Å². The van der Waals surface area contributed by atoms with Crippen molar-refractivity contribution in [2.24, 2.45) is 11.3 Å². The van der Waals surface area contributed by atoms with E-state index in [-0.39, 0.29) is 17.0 Å². The lowest BCUT2D eigenvalue weighted by Crippen LogP contribution is -2.26. The Kier molecular flexibility index (Phi) is 9.34. The lowest BCUT2D eigenvalue weighted by Gasteiger charge is -2.36. The molecule has 2 unspecified atom stereocenters. The zero-order valence-corrected chi connectivity index (χ0v) is 15.1. The lowest BCUT2D eigenvalue weighted by molar-refractivity contribution is -0.139. The van der Waals surface area contributed by atoms with Gasteiger partial charge in [-0.1, -0.05) is 37.5 Å². The number of hydrogen-bond acceptors (Lipinski definition) is 2. The van der Waals surface area contributed by atoms with E-state index in [0.717, 1.165) is 12.8 Å². The van der Waals surface area contributed by atoms with Crippen molar-refractivity contribution in [1.29, 1.82) is 0 Å². The molecule has 0 saturated heterocycles. The number of allylic oxidation sites excluding steroid dienone is 3. The molecule has 0 aromatic rings. The van der Waals surface area contributed by atoms with Crippen LogP contribution in [0.3, 0.4) is 0 Å². The summed E-state index contributed by atoms with van der Waals surface area (Å²) in [6, 6.07) is 0.